The first-order valence-corrected chi connectivity index (χ1v) is 9.65. The second-order valence-electron chi connectivity index (χ2n) is 6.99. The van der Waals surface area contributed by atoms with Gasteiger partial charge >= 0.3 is 0 Å². The second-order valence-corrected chi connectivity index (χ2v) is 6.99. The van der Waals surface area contributed by atoms with Gasteiger partial charge < -0.3 is 10.1 Å². The minimum absolute atomic E-state index is 0.0693. The van der Waals surface area contributed by atoms with Crippen molar-refractivity contribution in [2.45, 2.75) is 52.4 Å². The van der Waals surface area contributed by atoms with E-state index < -0.39 is 0 Å². The number of aryl methyl sites for hydroxylation is 2. The zero-order chi connectivity index (χ0) is 18.8. The van der Waals surface area contributed by atoms with E-state index in [1.165, 1.54) is 16.7 Å². The second kappa shape index (κ2) is 10.6. The molecular formula is C23H31NO2. The summed E-state index contributed by atoms with van der Waals surface area (Å²) in [5.41, 5.74) is 3.86. The van der Waals surface area contributed by atoms with Crippen LogP contribution in [0.25, 0.3) is 0 Å². The molecule has 0 saturated heterocycles. The van der Waals surface area contributed by atoms with Gasteiger partial charge in [0.05, 0.1) is 6.54 Å². The van der Waals surface area contributed by atoms with Crippen LogP contribution in [0.2, 0.25) is 0 Å². The van der Waals surface area contributed by atoms with E-state index in [1.54, 1.807) is 0 Å². The van der Waals surface area contributed by atoms with Gasteiger partial charge in [0.25, 0.3) is 0 Å². The van der Waals surface area contributed by atoms with Crippen LogP contribution < -0.4 is 10.1 Å². The van der Waals surface area contributed by atoms with E-state index in [0.29, 0.717) is 25.5 Å². The van der Waals surface area contributed by atoms with Crippen molar-refractivity contribution in [3.8, 4) is 5.75 Å². The molecule has 1 amide bonds. The molecule has 0 unspecified atom stereocenters. The van der Waals surface area contributed by atoms with Gasteiger partial charge in [-0.15, -0.1) is 0 Å². The van der Waals surface area contributed by atoms with Crippen molar-refractivity contribution in [1.82, 2.24) is 5.32 Å². The average Bonchev–Trinajstić information content (AvgIpc) is 2.65. The Morgan fingerprint density at radius 3 is 2.19 bits per heavy atom. The molecule has 0 aliphatic carbocycles. The number of carbonyl (C=O) groups is 1. The molecule has 0 fully saturated rings. The van der Waals surface area contributed by atoms with Crippen molar-refractivity contribution in [3.05, 3.63) is 65.2 Å². The Hall–Kier alpha value is -2.29. The number of nitrogens with one attached hydrogen (secondary N) is 1. The van der Waals surface area contributed by atoms with Gasteiger partial charge in [-0.25, -0.2) is 0 Å². The van der Waals surface area contributed by atoms with Crippen molar-refractivity contribution in [2.75, 3.05) is 13.2 Å². The average molecular weight is 354 g/mol. The molecule has 0 radical (unpaired) electrons. The Morgan fingerprint density at radius 2 is 1.58 bits per heavy atom. The maximum atomic E-state index is 12.0. The molecule has 1 N–H and O–H groups in total. The van der Waals surface area contributed by atoms with Crippen molar-refractivity contribution in [3.63, 3.8) is 0 Å². The molecule has 3 nitrogen and oxygen atoms in total. The molecule has 0 heterocycles. The van der Waals surface area contributed by atoms with Crippen LogP contribution in [0.4, 0.5) is 0 Å². The summed E-state index contributed by atoms with van der Waals surface area (Å²) in [7, 11) is 0. The number of benzene rings is 2. The Kier molecular flexibility index (Phi) is 8.20. The molecule has 0 saturated carbocycles. The largest absolute Gasteiger partial charge is 0.492 e. The Morgan fingerprint density at radius 1 is 0.962 bits per heavy atom. The first-order valence-electron chi connectivity index (χ1n) is 9.65. The van der Waals surface area contributed by atoms with Gasteiger partial charge in [-0.3, -0.25) is 4.79 Å². The number of hydrogen-bond acceptors (Lipinski definition) is 2. The zero-order valence-corrected chi connectivity index (χ0v) is 16.3. The third-order valence-corrected chi connectivity index (χ3v) is 4.44. The van der Waals surface area contributed by atoms with E-state index >= 15 is 0 Å². The highest BCUT2D eigenvalue weighted by atomic mass is 16.5. The highest BCUT2D eigenvalue weighted by molar-refractivity contribution is 5.76. The SMILES string of the molecule is CCCc1ccc(OCCNC(=O)CCc2ccc(C(C)C)cc2)cc1. The van der Waals surface area contributed by atoms with Crippen LogP contribution in [0.15, 0.2) is 48.5 Å². The predicted molar refractivity (Wildman–Crippen MR) is 108 cm³/mol. The van der Waals surface area contributed by atoms with Gasteiger partial charge in [0, 0.05) is 6.42 Å². The first-order chi connectivity index (χ1) is 12.6. The molecule has 0 aliphatic heterocycles. The van der Waals surface area contributed by atoms with Gasteiger partial charge in [0.2, 0.25) is 5.91 Å². The summed E-state index contributed by atoms with van der Waals surface area (Å²) in [4.78, 5) is 12.0. The first kappa shape index (κ1) is 20.0. The monoisotopic (exact) mass is 353 g/mol. The van der Waals surface area contributed by atoms with Gasteiger partial charge in [0.1, 0.15) is 12.4 Å². The number of ether oxygens (including phenoxy) is 1. The summed E-state index contributed by atoms with van der Waals surface area (Å²) in [6.07, 6.45) is 3.52. The minimum atomic E-state index is 0.0693. The molecule has 2 rings (SSSR count). The van der Waals surface area contributed by atoms with Crippen LogP contribution in [0.5, 0.6) is 5.75 Å². The van der Waals surface area contributed by atoms with Crippen LogP contribution in [0.3, 0.4) is 0 Å². The van der Waals surface area contributed by atoms with Gasteiger partial charge in [-0.05, 0) is 47.6 Å². The molecule has 2 aromatic rings. The number of hydrogen-bond donors (Lipinski definition) is 1. The normalized spacial score (nSPS) is 10.8. The highest BCUT2D eigenvalue weighted by Gasteiger charge is 2.04. The Labute approximate surface area is 157 Å². The molecular weight excluding hydrogens is 322 g/mol. The van der Waals surface area contributed by atoms with Crippen LogP contribution >= 0.6 is 0 Å². The van der Waals surface area contributed by atoms with Gasteiger partial charge in [-0.2, -0.15) is 0 Å². The van der Waals surface area contributed by atoms with Crippen molar-refractivity contribution in [2.24, 2.45) is 0 Å². The van der Waals surface area contributed by atoms with E-state index in [4.69, 9.17) is 4.74 Å². The number of carbonyl (C=O) groups excluding carboxylic acids is 1. The van der Waals surface area contributed by atoms with Gasteiger partial charge in [0.15, 0.2) is 0 Å². The lowest BCUT2D eigenvalue weighted by atomic mass is 10.0. The third kappa shape index (κ3) is 6.91. The molecule has 0 atom stereocenters. The summed E-state index contributed by atoms with van der Waals surface area (Å²) in [5.74, 6) is 1.46. The topological polar surface area (TPSA) is 38.3 Å². The predicted octanol–water partition coefficient (Wildman–Crippen LogP) is 4.89. The molecule has 26 heavy (non-hydrogen) atoms. The lowest BCUT2D eigenvalue weighted by Crippen LogP contribution is -2.28. The lowest BCUT2D eigenvalue weighted by Gasteiger charge is -2.09. The summed E-state index contributed by atoms with van der Waals surface area (Å²) in [6.45, 7) is 7.56. The van der Waals surface area contributed by atoms with Gasteiger partial charge in [-0.1, -0.05) is 63.6 Å². The van der Waals surface area contributed by atoms with Crippen LogP contribution in [0, 0.1) is 0 Å². The molecule has 0 aliphatic rings. The van der Waals surface area contributed by atoms with E-state index in [9.17, 15) is 4.79 Å². The van der Waals surface area contributed by atoms with Crippen molar-refractivity contribution >= 4 is 5.91 Å². The maximum absolute atomic E-state index is 12.0. The summed E-state index contributed by atoms with van der Waals surface area (Å²) >= 11 is 0. The summed E-state index contributed by atoms with van der Waals surface area (Å²) in [6, 6.07) is 16.7. The molecule has 3 heteroatoms. The van der Waals surface area contributed by atoms with Crippen LogP contribution in [-0.2, 0) is 17.6 Å². The van der Waals surface area contributed by atoms with Crippen LogP contribution in [-0.4, -0.2) is 19.1 Å². The minimum Gasteiger partial charge on any atom is -0.492 e. The standard InChI is InChI=1S/C23H31NO2/c1-4-5-19-8-13-22(14-9-19)26-17-16-24-23(25)15-10-20-6-11-21(12-7-20)18(2)3/h6-9,11-14,18H,4-5,10,15-17H2,1-3H3,(H,24,25). The van der Waals surface area contributed by atoms with Crippen LogP contribution in [0.1, 0.15) is 56.2 Å². The molecule has 0 aromatic heterocycles. The fraction of sp³-hybridized carbons (Fsp3) is 0.435. The summed E-state index contributed by atoms with van der Waals surface area (Å²) < 4.78 is 5.67. The zero-order valence-electron chi connectivity index (χ0n) is 16.3. The van der Waals surface area contributed by atoms with E-state index in [-0.39, 0.29) is 5.91 Å². The molecule has 2 aromatic carbocycles. The van der Waals surface area contributed by atoms with E-state index in [2.05, 4.69) is 62.5 Å². The third-order valence-electron chi connectivity index (χ3n) is 4.44. The van der Waals surface area contributed by atoms with Crippen molar-refractivity contribution < 1.29 is 9.53 Å². The maximum Gasteiger partial charge on any atom is 0.220 e. The number of rotatable bonds is 10. The highest BCUT2D eigenvalue weighted by Crippen LogP contribution is 2.15. The molecule has 0 spiro atoms. The quantitative estimate of drug-likeness (QED) is 0.618. The molecule has 0 bridgehead atoms. The Balaban J connectivity index is 1.62. The smallest absolute Gasteiger partial charge is 0.220 e. The lowest BCUT2D eigenvalue weighted by molar-refractivity contribution is -0.121. The van der Waals surface area contributed by atoms with E-state index in [1.807, 2.05) is 12.1 Å². The fourth-order valence-electron chi connectivity index (χ4n) is 2.82. The number of amides is 1. The van der Waals surface area contributed by atoms with Crippen molar-refractivity contribution in [1.29, 1.82) is 0 Å². The van der Waals surface area contributed by atoms with E-state index in [0.717, 1.165) is 25.0 Å². The molecule has 140 valence electrons. The Bertz CT molecular complexity index is 660. The summed E-state index contributed by atoms with van der Waals surface area (Å²) in [5, 5.41) is 2.92. The fourth-order valence-corrected chi connectivity index (χ4v) is 2.82.